The minimum atomic E-state index is 0.0490. The maximum Gasteiger partial charge on any atom is 0.144 e. The van der Waals surface area contributed by atoms with Crippen molar-refractivity contribution in [1.82, 2.24) is 9.97 Å². The van der Waals surface area contributed by atoms with Crippen molar-refractivity contribution in [2.24, 2.45) is 0 Å². The molecule has 1 aromatic heterocycles. The Bertz CT molecular complexity index is 470. The molecule has 17 heavy (non-hydrogen) atoms. The molecular weight excluding hydrogens is 316 g/mol. The molecule has 1 N–H and O–H groups in total. The van der Waals surface area contributed by atoms with Crippen molar-refractivity contribution in [3.63, 3.8) is 0 Å². The van der Waals surface area contributed by atoms with Gasteiger partial charge in [0, 0.05) is 11.1 Å². The molecule has 1 aliphatic heterocycles. The van der Waals surface area contributed by atoms with E-state index in [4.69, 9.17) is 12.2 Å². The Morgan fingerprint density at radius 3 is 2.71 bits per heavy atom. The zero-order valence-electron chi connectivity index (χ0n) is 10.3. The van der Waals surface area contributed by atoms with Crippen LogP contribution in [0.3, 0.4) is 0 Å². The second-order valence-electron chi connectivity index (χ2n) is 5.37. The minimum absolute atomic E-state index is 0.0490. The van der Waals surface area contributed by atoms with Crippen LogP contribution in [-0.2, 0) is 5.41 Å². The van der Waals surface area contributed by atoms with Gasteiger partial charge in [-0.1, -0.05) is 33.0 Å². The fraction of sp³-hybridized carbons (Fsp3) is 0.667. The molecule has 0 radical (unpaired) electrons. The van der Waals surface area contributed by atoms with Crippen LogP contribution in [0.25, 0.3) is 0 Å². The highest BCUT2D eigenvalue weighted by molar-refractivity contribution is 9.10. The van der Waals surface area contributed by atoms with Crippen LogP contribution in [0, 0.1) is 4.64 Å². The normalized spacial score (nSPS) is 20.8. The maximum absolute atomic E-state index is 5.35. The summed E-state index contributed by atoms with van der Waals surface area (Å²) in [6.45, 7) is 6.55. The van der Waals surface area contributed by atoms with E-state index in [1.807, 2.05) is 11.8 Å². The largest absolute Gasteiger partial charge is 0.345 e. The molecule has 1 fully saturated rings. The lowest BCUT2D eigenvalue weighted by Gasteiger charge is -2.22. The summed E-state index contributed by atoms with van der Waals surface area (Å²) in [6, 6.07) is 0. The fourth-order valence-electron chi connectivity index (χ4n) is 1.94. The molecule has 5 heteroatoms. The molecule has 94 valence electrons. The maximum atomic E-state index is 5.35. The summed E-state index contributed by atoms with van der Waals surface area (Å²) < 4.78 is 1.61. The predicted molar refractivity (Wildman–Crippen MR) is 80.3 cm³/mol. The van der Waals surface area contributed by atoms with E-state index in [1.54, 1.807) is 0 Å². The van der Waals surface area contributed by atoms with Crippen molar-refractivity contribution in [3.05, 3.63) is 20.6 Å². The summed E-state index contributed by atoms with van der Waals surface area (Å²) in [5.41, 5.74) is 1.20. The van der Waals surface area contributed by atoms with Crippen molar-refractivity contribution in [2.75, 3.05) is 5.75 Å². The van der Waals surface area contributed by atoms with Crippen LogP contribution in [-0.4, -0.2) is 15.7 Å². The van der Waals surface area contributed by atoms with Crippen LogP contribution in [0.4, 0.5) is 0 Å². The first-order chi connectivity index (χ1) is 7.89. The highest BCUT2D eigenvalue weighted by Gasteiger charge is 2.24. The second kappa shape index (κ2) is 5.02. The Hall–Kier alpha value is 0.130. The summed E-state index contributed by atoms with van der Waals surface area (Å²) in [5.74, 6) is 2.28. The third kappa shape index (κ3) is 2.93. The van der Waals surface area contributed by atoms with E-state index in [-0.39, 0.29) is 5.41 Å². The van der Waals surface area contributed by atoms with Gasteiger partial charge in [0.05, 0.1) is 9.72 Å². The number of rotatable bonds is 1. The molecule has 0 spiro atoms. The van der Waals surface area contributed by atoms with Crippen LogP contribution in [0.1, 0.15) is 50.4 Å². The quantitative estimate of drug-likeness (QED) is 0.751. The first-order valence-corrected chi connectivity index (χ1v) is 8.06. The Labute approximate surface area is 120 Å². The predicted octanol–water partition coefficient (Wildman–Crippen LogP) is 4.77. The number of hydrogen-bond acceptors (Lipinski definition) is 3. The Kier molecular flexibility index (Phi) is 4.00. The summed E-state index contributed by atoms with van der Waals surface area (Å²) in [6.07, 6.45) is 2.48. The SMILES string of the molecule is CC(C)(C)c1[nH]c(C2CCCS2)nc(=S)c1Br. The number of nitrogens with one attached hydrogen (secondary N) is 1. The van der Waals surface area contributed by atoms with Gasteiger partial charge in [-0.15, -0.1) is 0 Å². The lowest BCUT2D eigenvalue weighted by Crippen LogP contribution is -2.17. The molecule has 1 unspecified atom stereocenters. The molecular formula is C12H17BrN2S2. The topological polar surface area (TPSA) is 28.7 Å². The van der Waals surface area contributed by atoms with Crippen LogP contribution in [0.5, 0.6) is 0 Å². The van der Waals surface area contributed by atoms with E-state index >= 15 is 0 Å². The number of hydrogen-bond donors (Lipinski definition) is 1. The van der Waals surface area contributed by atoms with Gasteiger partial charge in [-0.3, -0.25) is 0 Å². The molecule has 0 saturated carbocycles. The number of thioether (sulfide) groups is 1. The van der Waals surface area contributed by atoms with Gasteiger partial charge in [-0.25, -0.2) is 4.98 Å². The van der Waals surface area contributed by atoms with Crippen molar-refractivity contribution in [1.29, 1.82) is 0 Å². The standard InChI is InChI=1S/C12H17BrN2S2/c1-12(2,3)9-8(13)11(16)15-10(14-9)7-5-4-6-17-7/h7H,4-6H2,1-3H3,(H,14,15,16). The molecule has 0 aliphatic carbocycles. The summed E-state index contributed by atoms with van der Waals surface area (Å²) in [4.78, 5) is 8.01. The number of halogens is 1. The molecule has 1 aromatic rings. The van der Waals surface area contributed by atoms with Gasteiger partial charge < -0.3 is 4.98 Å². The minimum Gasteiger partial charge on any atom is -0.345 e. The molecule has 0 amide bonds. The van der Waals surface area contributed by atoms with Gasteiger partial charge in [-0.05, 0) is 34.5 Å². The number of H-pyrrole nitrogens is 1. The van der Waals surface area contributed by atoms with E-state index in [9.17, 15) is 0 Å². The van der Waals surface area contributed by atoms with E-state index in [0.29, 0.717) is 9.89 Å². The average molecular weight is 333 g/mol. The lowest BCUT2D eigenvalue weighted by molar-refractivity contribution is 0.555. The third-order valence-electron chi connectivity index (χ3n) is 2.87. The van der Waals surface area contributed by atoms with Crippen molar-refractivity contribution in [3.8, 4) is 0 Å². The van der Waals surface area contributed by atoms with Gasteiger partial charge in [0.2, 0.25) is 0 Å². The van der Waals surface area contributed by atoms with E-state index in [0.717, 1.165) is 16.0 Å². The van der Waals surface area contributed by atoms with Gasteiger partial charge >= 0.3 is 0 Å². The van der Waals surface area contributed by atoms with Crippen LogP contribution in [0.15, 0.2) is 4.47 Å². The summed E-state index contributed by atoms with van der Waals surface area (Å²) >= 11 is 10.9. The van der Waals surface area contributed by atoms with Crippen LogP contribution < -0.4 is 0 Å². The zero-order chi connectivity index (χ0) is 12.6. The van der Waals surface area contributed by atoms with Gasteiger partial charge in [0.25, 0.3) is 0 Å². The Morgan fingerprint density at radius 2 is 2.18 bits per heavy atom. The zero-order valence-corrected chi connectivity index (χ0v) is 13.6. The fourth-order valence-corrected chi connectivity index (χ4v) is 4.14. The van der Waals surface area contributed by atoms with E-state index < -0.39 is 0 Å². The number of aromatic amines is 1. The second-order valence-corrected chi connectivity index (χ2v) is 7.86. The first-order valence-electron chi connectivity index (χ1n) is 5.81. The van der Waals surface area contributed by atoms with E-state index in [1.165, 1.54) is 18.6 Å². The molecule has 1 aliphatic rings. The van der Waals surface area contributed by atoms with Crippen molar-refractivity contribution < 1.29 is 0 Å². The van der Waals surface area contributed by atoms with Crippen LogP contribution in [0.2, 0.25) is 0 Å². The first kappa shape index (κ1) is 13.6. The molecule has 0 bridgehead atoms. The molecule has 1 saturated heterocycles. The molecule has 2 rings (SSSR count). The van der Waals surface area contributed by atoms with Crippen molar-refractivity contribution >= 4 is 39.9 Å². The molecule has 2 nitrogen and oxygen atoms in total. The highest BCUT2D eigenvalue weighted by Crippen LogP contribution is 2.39. The molecule has 2 heterocycles. The summed E-state index contributed by atoms with van der Waals surface area (Å²) in [7, 11) is 0. The smallest absolute Gasteiger partial charge is 0.144 e. The third-order valence-corrected chi connectivity index (χ3v) is 5.58. The van der Waals surface area contributed by atoms with Gasteiger partial charge in [0.1, 0.15) is 10.5 Å². The Morgan fingerprint density at radius 1 is 1.47 bits per heavy atom. The van der Waals surface area contributed by atoms with Crippen LogP contribution >= 0.6 is 39.9 Å². The Balaban J connectivity index is 2.49. The molecule has 0 aromatic carbocycles. The molecule has 1 atom stereocenters. The average Bonchev–Trinajstić information content (AvgIpc) is 2.73. The number of nitrogens with zero attached hydrogens (tertiary/aromatic N) is 1. The van der Waals surface area contributed by atoms with Gasteiger partial charge in [-0.2, -0.15) is 11.8 Å². The van der Waals surface area contributed by atoms with Crippen molar-refractivity contribution in [2.45, 2.75) is 44.3 Å². The highest BCUT2D eigenvalue weighted by atomic mass is 79.9. The monoisotopic (exact) mass is 332 g/mol. The van der Waals surface area contributed by atoms with Gasteiger partial charge in [0.15, 0.2) is 0 Å². The summed E-state index contributed by atoms with van der Waals surface area (Å²) in [5, 5.41) is 0.492. The van der Waals surface area contributed by atoms with E-state index in [2.05, 4.69) is 46.7 Å². The number of aromatic nitrogens is 2. The lowest BCUT2D eigenvalue weighted by atomic mass is 9.92.